The second kappa shape index (κ2) is 11.3. The predicted molar refractivity (Wildman–Crippen MR) is 151 cm³/mol. The summed E-state index contributed by atoms with van der Waals surface area (Å²) in [6.45, 7) is 5.93. The first-order valence-corrected chi connectivity index (χ1v) is 13.1. The third-order valence-electron chi connectivity index (χ3n) is 6.69. The summed E-state index contributed by atoms with van der Waals surface area (Å²) in [4.78, 5) is 41.3. The van der Waals surface area contributed by atoms with Gasteiger partial charge in [0.25, 0.3) is 5.91 Å². The average molecular weight is 548 g/mol. The summed E-state index contributed by atoms with van der Waals surface area (Å²) in [5.41, 5.74) is 4.26. The number of nitrogens with zero attached hydrogens (tertiary/aromatic N) is 5. The van der Waals surface area contributed by atoms with Crippen molar-refractivity contribution in [1.82, 2.24) is 24.4 Å². The molecule has 3 N–H and O–H groups in total. The number of nitrogens with one attached hydrogen (secondary N) is 2. The fourth-order valence-corrected chi connectivity index (χ4v) is 4.73. The molecule has 1 aliphatic rings. The first-order chi connectivity index (χ1) is 18.8. The lowest BCUT2D eigenvalue weighted by Crippen LogP contribution is -2.51. The molecule has 3 heterocycles. The van der Waals surface area contributed by atoms with Gasteiger partial charge in [-0.2, -0.15) is 0 Å². The summed E-state index contributed by atoms with van der Waals surface area (Å²) in [7, 11) is 0. The second-order valence-corrected chi connectivity index (χ2v) is 10.1. The number of carbonyl (C=O) groups is 2. The van der Waals surface area contributed by atoms with Gasteiger partial charge in [0.05, 0.1) is 31.4 Å². The average Bonchev–Trinajstić information content (AvgIpc) is 3.59. The van der Waals surface area contributed by atoms with E-state index in [1.165, 1.54) is 6.20 Å². The van der Waals surface area contributed by atoms with Gasteiger partial charge in [0.2, 0.25) is 5.91 Å². The van der Waals surface area contributed by atoms with Crippen molar-refractivity contribution in [3.8, 4) is 22.8 Å². The highest BCUT2D eigenvalue weighted by Crippen LogP contribution is 2.32. The Morgan fingerprint density at radius 2 is 1.85 bits per heavy atom. The maximum atomic E-state index is 13.0. The van der Waals surface area contributed by atoms with Crippen LogP contribution in [0, 0.1) is 0 Å². The van der Waals surface area contributed by atoms with Crippen LogP contribution in [0.25, 0.3) is 22.8 Å². The van der Waals surface area contributed by atoms with E-state index in [0.717, 1.165) is 22.6 Å². The smallest absolute Gasteiger partial charge is 0.273 e. The van der Waals surface area contributed by atoms with Crippen molar-refractivity contribution in [1.29, 1.82) is 0 Å². The number of amides is 2. The van der Waals surface area contributed by atoms with Gasteiger partial charge in [-0.15, -0.1) is 0 Å². The highest BCUT2D eigenvalue weighted by molar-refractivity contribution is 6.30. The van der Waals surface area contributed by atoms with Crippen molar-refractivity contribution in [2.45, 2.75) is 19.9 Å². The lowest BCUT2D eigenvalue weighted by atomic mass is 10.1. The molecule has 0 atom stereocenters. The van der Waals surface area contributed by atoms with Gasteiger partial charge in [-0.25, -0.2) is 9.97 Å². The Kier molecular flexibility index (Phi) is 7.67. The molecule has 0 saturated carbocycles. The second-order valence-electron chi connectivity index (χ2n) is 9.62. The van der Waals surface area contributed by atoms with Crippen LogP contribution < -0.4 is 10.2 Å². The summed E-state index contributed by atoms with van der Waals surface area (Å²) in [5.74, 6) is 0.204. The van der Waals surface area contributed by atoms with Gasteiger partial charge in [-0.1, -0.05) is 23.7 Å². The quantitative estimate of drug-likeness (QED) is 0.306. The van der Waals surface area contributed by atoms with Gasteiger partial charge in [0.15, 0.2) is 5.82 Å². The van der Waals surface area contributed by atoms with E-state index in [-0.39, 0.29) is 31.0 Å². The molecule has 39 heavy (non-hydrogen) atoms. The Morgan fingerprint density at radius 3 is 2.51 bits per heavy atom. The highest BCUT2D eigenvalue weighted by Gasteiger charge is 2.24. The van der Waals surface area contributed by atoms with Crippen molar-refractivity contribution in [3.63, 3.8) is 0 Å². The predicted octanol–water partition coefficient (Wildman–Crippen LogP) is 4.07. The number of benzene rings is 2. The number of aromatic nitrogens is 4. The van der Waals surface area contributed by atoms with Gasteiger partial charge < -0.3 is 29.8 Å². The molecular weight excluding hydrogens is 518 g/mol. The van der Waals surface area contributed by atoms with E-state index in [1.54, 1.807) is 11.2 Å². The van der Waals surface area contributed by atoms with Crippen molar-refractivity contribution >= 4 is 34.8 Å². The zero-order valence-corrected chi connectivity index (χ0v) is 22.5. The summed E-state index contributed by atoms with van der Waals surface area (Å²) in [6, 6.07) is 14.9. The molecule has 1 fully saturated rings. The molecule has 10 nitrogen and oxygen atoms in total. The van der Waals surface area contributed by atoms with Gasteiger partial charge in [0, 0.05) is 47.6 Å². The Hall–Kier alpha value is -4.15. The molecule has 0 aliphatic carbocycles. The van der Waals surface area contributed by atoms with Crippen molar-refractivity contribution in [3.05, 3.63) is 71.8 Å². The molecule has 4 aromatic rings. The third kappa shape index (κ3) is 5.67. The number of hydrogen-bond acceptors (Lipinski definition) is 6. The van der Waals surface area contributed by atoms with Crippen LogP contribution in [-0.4, -0.2) is 74.1 Å². The van der Waals surface area contributed by atoms with Crippen LogP contribution in [0.3, 0.4) is 0 Å². The molecule has 0 spiro atoms. The maximum absolute atomic E-state index is 13.0. The molecule has 11 heteroatoms. The molecule has 0 radical (unpaired) electrons. The Balaban J connectivity index is 1.30. The zero-order chi connectivity index (χ0) is 27.5. The minimum Gasteiger partial charge on any atom is -0.395 e. The Bertz CT molecular complexity index is 1460. The molecule has 0 bridgehead atoms. The number of imidazole rings is 2. The van der Waals surface area contributed by atoms with Crippen LogP contribution in [0.4, 0.5) is 11.4 Å². The lowest BCUT2D eigenvalue weighted by Gasteiger charge is -2.35. The third-order valence-corrected chi connectivity index (χ3v) is 6.94. The number of rotatable bonds is 8. The largest absolute Gasteiger partial charge is 0.395 e. The number of hydrogen-bond donors (Lipinski definition) is 3. The van der Waals surface area contributed by atoms with Crippen molar-refractivity contribution in [2.75, 3.05) is 43.0 Å². The fraction of sp³-hybridized carbons (Fsp3) is 0.286. The van der Waals surface area contributed by atoms with Crippen LogP contribution in [-0.2, 0) is 4.79 Å². The highest BCUT2D eigenvalue weighted by atomic mass is 35.5. The van der Waals surface area contributed by atoms with Gasteiger partial charge in [-0.3, -0.25) is 9.59 Å². The lowest BCUT2D eigenvalue weighted by molar-refractivity contribution is -0.131. The molecule has 202 valence electrons. The van der Waals surface area contributed by atoms with Crippen LogP contribution >= 0.6 is 11.6 Å². The van der Waals surface area contributed by atoms with Crippen LogP contribution in [0.1, 0.15) is 30.4 Å². The minimum atomic E-state index is -0.321. The van der Waals surface area contributed by atoms with Crippen molar-refractivity contribution < 1.29 is 14.7 Å². The number of carbonyl (C=O) groups excluding carboxylic acids is 2. The number of H-pyrrole nitrogens is 1. The van der Waals surface area contributed by atoms with Crippen LogP contribution in [0.15, 0.2) is 61.1 Å². The number of aliphatic hydroxyl groups is 1. The van der Waals surface area contributed by atoms with E-state index in [0.29, 0.717) is 41.9 Å². The molecule has 1 aliphatic heterocycles. The zero-order valence-electron chi connectivity index (χ0n) is 21.8. The van der Waals surface area contributed by atoms with Crippen LogP contribution in [0.2, 0.25) is 5.02 Å². The molecular formula is C28H30ClN7O3. The first-order valence-electron chi connectivity index (χ1n) is 12.8. The normalized spacial score (nSPS) is 13.8. The monoisotopic (exact) mass is 547 g/mol. The van der Waals surface area contributed by atoms with Gasteiger partial charge in [0.1, 0.15) is 11.4 Å². The number of β-amino-alcohol motifs (C(OH)–C–C–N with tert-alkyl or cyclic N) is 1. The number of anilines is 2. The summed E-state index contributed by atoms with van der Waals surface area (Å²) in [5, 5.41) is 12.6. The van der Waals surface area contributed by atoms with Crippen LogP contribution in [0.5, 0.6) is 0 Å². The SMILES string of the molecule is CC(C)n1cnc(-c2ccc(Cl)cc2)c1-c1ncc(C(=O)Nc2ccc(N3CCN(CCO)C(=O)C3)cc2)[nH]1. The van der Waals surface area contributed by atoms with Gasteiger partial charge >= 0.3 is 0 Å². The molecule has 2 amide bonds. The Labute approximate surface area is 231 Å². The van der Waals surface area contributed by atoms with E-state index in [4.69, 9.17) is 16.7 Å². The number of piperazine rings is 1. The minimum absolute atomic E-state index is 0.0132. The van der Waals surface area contributed by atoms with E-state index in [2.05, 4.69) is 34.1 Å². The maximum Gasteiger partial charge on any atom is 0.273 e. The van der Waals surface area contributed by atoms with E-state index >= 15 is 0 Å². The van der Waals surface area contributed by atoms with Crippen molar-refractivity contribution in [2.24, 2.45) is 0 Å². The molecule has 5 rings (SSSR count). The van der Waals surface area contributed by atoms with E-state index < -0.39 is 0 Å². The molecule has 0 unspecified atom stereocenters. The first kappa shape index (κ1) is 26.5. The number of halogens is 1. The summed E-state index contributed by atoms with van der Waals surface area (Å²) >= 11 is 6.07. The topological polar surface area (TPSA) is 119 Å². The molecule has 2 aromatic carbocycles. The molecule has 2 aromatic heterocycles. The fourth-order valence-electron chi connectivity index (χ4n) is 4.60. The summed E-state index contributed by atoms with van der Waals surface area (Å²) in [6.07, 6.45) is 3.29. The van der Waals surface area contributed by atoms with E-state index in [1.807, 2.05) is 58.0 Å². The number of aromatic amines is 1. The standard InChI is InChI=1S/C28H30ClN7O3/c1-18(2)36-17-31-25(19-3-5-20(29)6-4-19)26(36)27-30-15-23(33-27)28(39)32-21-7-9-22(10-8-21)35-12-11-34(13-14-37)24(38)16-35/h3-10,15,17-18,37H,11-14,16H2,1-2H3,(H,30,33)(H,32,39). The molecule has 1 saturated heterocycles. The van der Waals surface area contributed by atoms with E-state index in [9.17, 15) is 9.59 Å². The van der Waals surface area contributed by atoms with Gasteiger partial charge in [-0.05, 0) is 50.2 Å². The Morgan fingerprint density at radius 1 is 1.10 bits per heavy atom. The summed E-state index contributed by atoms with van der Waals surface area (Å²) < 4.78 is 2.01. The number of aliphatic hydroxyl groups excluding tert-OH is 1.